The summed E-state index contributed by atoms with van der Waals surface area (Å²) in [5, 5.41) is 23.1. The molecule has 0 aliphatic carbocycles. The van der Waals surface area contributed by atoms with Crippen molar-refractivity contribution in [1.82, 2.24) is 15.2 Å². The van der Waals surface area contributed by atoms with Crippen molar-refractivity contribution in [2.75, 3.05) is 10.6 Å². The highest BCUT2D eigenvalue weighted by Gasteiger charge is 2.13. The van der Waals surface area contributed by atoms with Crippen LogP contribution in [0.25, 0.3) is 0 Å². The fraction of sp³-hybridized carbons (Fsp3) is 0.200. The summed E-state index contributed by atoms with van der Waals surface area (Å²) < 4.78 is 0. The number of hydrogen-bond donors (Lipinski definition) is 2. The topological polar surface area (TPSA) is 86.5 Å². The molecule has 3 aromatic rings. The minimum Gasteiger partial charge on any atom is -0.339 e. The SMILES string of the molecule is CC(C)(C)c1ccc(Nc2cnnc(Nc3ccc(C#N)cc3)n2)cc1. The number of benzene rings is 2. The van der Waals surface area contributed by atoms with E-state index in [9.17, 15) is 0 Å². The third-order valence-corrected chi connectivity index (χ3v) is 3.85. The van der Waals surface area contributed by atoms with Crippen molar-refractivity contribution in [1.29, 1.82) is 5.26 Å². The van der Waals surface area contributed by atoms with E-state index >= 15 is 0 Å². The van der Waals surface area contributed by atoms with Crippen LogP contribution in [0.15, 0.2) is 54.7 Å². The summed E-state index contributed by atoms with van der Waals surface area (Å²) in [7, 11) is 0. The van der Waals surface area contributed by atoms with Gasteiger partial charge in [0.1, 0.15) is 0 Å². The van der Waals surface area contributed by atoms with Gasteiger partial charge in [-0.05, 0) is 47.4 Å². The minimum absolute atomic E-state index is 0.118. The molecule has 26 heavy (non-hydrogen) atoms. The second-order valence-electron chi connectivity index (χ2n) is 6.93. The first-order chi connectivity index (χ1) is 12.4. The second kappa shape index (κ2) is 7.19. The first-order valence-electron chi connectivity index (χ1n) is 8.28. The van der Waals surface area contributed by atoms with E-state index in [1.165, 1.54) is 5.56 Å². The maximum absolute atomic E-state index is 8.84. The first-order valence-corrected chi connectivity index (χ1v) is 8.28. The van der Waals surface area contributed by atoms with Crippen molar-refractivity contribution in [3.05, 3.63) is 65.9 Å². The molecule has 0 radical (unpaired) electrons. The van der Waals surface area contributed by atoms with Gasteiger partial charge in [0.25, 0.3) is 0 Å². The quantitative estimate of drug-likeness (QED) is 0.723. The van der Waals surface area contributed by atoms with Crippen molar-refractivity contribution in [3.63, 3.8) is 0 Å². The van der Waals surface area contributed by atoms with Gasteiger partial charge in [0, 0.05) is 11.4 Å². The van der Waals surface area contributed by atoms with E-state index in [4.69, 9.17) is 5.26 Å². The second-order valence-corrected chi connectivity index (χ2v) is 6.93. The standard InChI is InChI=1S/C20H20N6/c1-20(2,3)15-6-10-16(11-7-15)23-18-13-22-26-19(25-18)24-17-8-4-14(12-21)5-9-17/h4-11,13H,1-3H3,(H2,23,24,25,26). The zero-order valence-corrected chi connectivity index (χ0v) is 15.0. The molecule has 0 fully saturated rings. The van der Waals surface area contributed by atoms with E-state index in [2.05, 4.69) is 64.8 Å². The van der Waals surface area contributed by atoms with Gasteiger partial charge in [0.05, 0.1) is 17.8 Å². The number of hydrogen-bond acceptors (Lipinski definition) is 6. The van der Waals surface area contributed by atoms with E-state index in [1.807, 2.05) is 12.1 Å². The Morgan fingerprint density at radius 2 is 1.50 bits per heavy atom. The molecule has 0 aliphatic heterocycles. The first kappa shape index (κ1) is 17.4. The van der Waals surface area contributed by atoms with Crippen LogP contribution in [0.3, 0.4) is 0 Å². The van der Waals surface area contributed by atoms with Crippen molar-refractivity contribution in [2.45, 2.75) is 26.2 Å². The number of rotatable bonds is 4. The van der Waals surface area contributed by atoms with Gasteiger partial charge in [-0.15, -0.1) is 5.10 Å². The fourth-order valence-corrected chi connectivity index (χ4v) is 2.38. The molecule has 0 amide bonds. The molecular weight excluding hydrogens is 324 g/mol. The van der Waals surface area contributed by atoms with Gasteiger partial charge in [-0.2, -0.15) is 15.3 Å². The predicted molar refractivity (Wildman–Crippen MR) is 103 cm³/mol. The van der Waals surface area contributed by atoms with Crippen LogP contribution in [0.4, 0.5) is 23.1 Å². The van der Waals surface area contributed by atoms with Crippen LogP contribution in [0.2, 0.25) is 0 Å². The van der Waals surface area contributed by atoms with Crippen molar-refractivity contribution in [3.8, 4) is 6.07 Å². The summed E-state index contributed by atoms with van der Waals surface area (Å²) in [5.74, 6) is 0.977. The van der Waals surface area contributed by atoms with Gasteiger partial charge < -0.3 is 10.6 Å². The monoisotopic (exact) mass is 344 g/mol. The number of nitriles is 1. The zero-order valence-electron chi connectivity index (χ0n) is 15.0. The Morgan fingerprint density at radius 3 is 2.12 bits per heavy atom. The lowest BCUT2D eigenvalue weighted by atomic mass is 9.87. The predicted octanol–water partition coefficient (Wildman–Crippen LogP) is 4.53. The summed E-state index contributed by atoms with van der Waals surface area (Å²) in [6, 6.07) is 17.4. The lowest BCUT2D eigenvalue weighted by Gasteiger charge is -2.19. The van der Waals surface area contributed by atoms with Crippen LogP contribution in [0, 0.1) is 11.3 Å². The van der Waals surface area contributed by atoms with Gasteiger partial charge in [0.2, 0.25) is 5.95 Å². The van der Waals surface area contributed by atoms with Gasteiger partial charge in [0.15, 0.2) is 5.82 Å². The Bertz CT molecular complexity index is 918. The molecule has 6 nitrogen and oxygen atoms in total. The fourth-order valence-electron chi connectivity index (χ4n) is 2.38. The van der Waals surface area contributed by atoms with Gasteiger partial charge >= 0.3 is 0 Å². The molecule has 0 saturated heterocycles. The number of nitrogens with one attached hydrogen (secondary N) is 2. The summed E-state index contributed by atoms with van der Waals surface area (Å²) in [4.78, 5) is 4.42. The Labute approximate surface area is 152 Å². The molecule has 0 spiro atoms. The van der Waals surface area contributed by atoms with Crippen LogP contribution in [0.1, 0.15) is 31.9 Å². The maximum Gasteiger partial charge on any atom is 0.249 e. The Hall–Kier alpha value is -3.46. The van der Waals surface area contributed by atoms with Crippen LogP contribution in [-0.2, 0) is 5.41 Å². The van der Waals surface area contributed by atoms with Crippen molar-refractivity contribution in [2.24, 2.45) is 0 Å². The zero-order chi connectivity index (χ0) is 18.6. The molecule has 1 aromatic heterocycles. The normalized spacial score (nSPS) is 10.8. The highest BCUT2D eigenvalue weighted by atomic mass is 15.3. The summed E-state index contributed by atoms with van der Waals surface area (Å²) in [5.41, 5.74) is 3.71. The molecule has 2 aromatic carbocycles. The maximum atomic E-state index is 8.84. The molecule has 0 saturated carbocycles. The van der Waals surface area contributed by atoms with Gasteiger partial charge in [-0.1, -0.05) is 32.9 Å². The molecule has 2 N–H and O–H groups in total. The van der Waals surface area contributed by atoms with E-state index < -0.39 is 0 Å². The van der Waals surface area contributed by atoms with Crippen LogP contribution >= 0.6 is 0 Å². The summed E-state index contributed by atoms with van der Waals surface area (Å²) in [6.45, 7) is 6.56. The smallest absolute Gasteiger partial charge is 0.249 e. The van der Waals surface area contributed by atoms with E-state index in [0.29, 0.717) is 17.3 Å². The number of aromatic nitrogens is 3. The molecule has 6 heteroatoms. The Morgan fingerprint density at radius 1 is 0.885 bits per heavy atom. The van der Waals surface area contributed by atoms with E-state index in [0.717, 1.165) is 11.4 Å². The van der Waals surface area contributed by atoms with Crippen LogP contribution < -0.4 is 10.6 Å². The van der Waals surface area contributed by atoms with Crippen molar-refractivity contribution >= 4 is 23.1 Å². The third-order valence-electron chi connectivity index (χ3n) is 3.85. The van der Waals surface area contributed by atoms with Crippen LogP contribution in [0.5, 0.6) is 0 Å². The third kappa shape index (κ3) is 4.33. The van der Waals surface area contributed by atoms with Gasteiger partial charge in [-0.3, -0.25) is 0 Å². The highest BCUT2D eigenvalue weighted by Crippen LogP contribution is 2.24. The van der Waals surface area contributed by atoms with E-state index in [-0.39, 0.29) is 5.41 Å². The Balaban J connectivity index is 1.71. The molecule has 0 atom stereocenters. The molecule has 130 valence electrons. The Kier molecular flexibility index (Phi) is 4.81. The number of nitrogens with zero attached hydrogens (tertiary/aromatic N) is 4. The van der Waals surface area contributed by atoms with Crippen molar-refractivity contribution < 1.29 is 0 Å². The lowest BCUT2D eigenvalue weighted by Crippen LogP contribution is -2.10. The molecule has 0 bridgehead atoms. The van der Waals surface area contributed by atoms with E-state index in [1.54, 1.807) is 30.5 Å². The highest BCUT2D eigenvalue weighted by molar-refractivity contribution is 5.59. The average Bonchev–Trinajstić information content (AvgIpc) is 2.62. The van der Waals surface area contributed by atoms with Crippen LogP contribution in [-0.4, -0.2) is 15.2 Å². The molecule has 3 rings (SSSR count). The molecule has 1 heterocycles. The summed E-state index contributed by atoms with van der Waals surface area (Å²) >= 11 is 0. The molecular formula is C20H20N6. The summed E-state index contributed by atoms with van der Waals surface area (Å²) in [6.07, 6.45) is 1.57. The molecule has 0 aliphatic rings. The lowest BCUT2D eigenvalue weighted by molar-refractivity contribution is 0.590. The minimum atomic E-state index is 0.118. The van der Waals surface area contributed by atoms with Gasteiger partial charge in [-0.25, -0.2) is 0 Å². The average molecular weight is 344 g/mol. The largest absolute Gasteiger partial charge is 0.339 e. The number of anilines is 4. The molecule has 0 unspecified atom stereocenters.